The molecule has 1 fully saturated rings. The lowest BCUT2D eigenvalue weighted by molar-refractivity contribution is -0.169. The van der Waals surface area contributed by atoms with Gasteiger partial charge in [0.25, 0.3) is 5.91 Å². The second-order valence-electron chi connectivity index (χ2n) is 4.53. The summed E-state index contributed by atoms with van der Waals surface area (Å²) in [7, 11) is 0. The summed E-state index contributed by atoms with van der Waals surface area (Å²) in [6.45, 7) is 1.24. The summed E-state index contributed by atoms with van der Waals surface area (Å²) in [6, 6.07) is 3.53. The van der Waals surface area contributed by atoms with Crippen molar-refractivity contribution in [2.45, 2.75) is 6.10 Å². The van der Waals surface area contributed by atoms with E-state index in [2.05, 4.69) is 26.2 Å². The Hall–Kier alpha value is -1.18. The topological polar surface area (TPSA) is 86.5 Å². The van der Waals surface area contributed by atoms with Gasteiger partial charge >= 0.3 is 0 Å². The van der Waals surface area contributed by atoms with Crippen molar-refractivity contribution in [3.8, 4) is 5.75 Å². The molecule has 2 aliphatic heterocycles. The minimum Gasteiger partial charge on any atom is -0.476 e. The molecule has 0 bridgehead atoms. The summed E-state index contributed by atoms with van der Waals surface area (Å²) < 4.78 is 11.6. The van der Waals surface area contributed by atoms with Crippen LogP contribution in [-0.4, -0.2) is 36.8 Å². The molecule has 1 saturated heterocycles. The van der Waals surface area contributed by atoms with E-state index in [9.17, 15) is 4.79 Å². The Bertz CT molecular complexity index is 499. The number of carbonyl (C=O) groups is 1. The summed E-state index contributed by atoms with van der Waals surface area (Å²) in [5.74, 6) is 0.766. The van der Waals surface area contributed by atoms with Crippen LogP contribution < -0.4 is 15.8 Å². The van der Waals surface area contributed by atoms with Crippen molar-refractivity contribution < 1.29 is 14.3 Å². The fourth-order valence-corrected chi connectivity index (χ4v) is 2.42. The van der Waals surface area contributed by atoms with Crippen LogP contribution in [0.3, 0.4) is 0 Å². The summed E-state index contributed by atoms with van der Waals surface area (Å²) in [5, 5.41) is 2.74. The summed E-state index contributed by atoms with van der Waals surface area (Å²) in [6.07, 6.45) is -0.619. The van der Waals surface area contributed by atoms with Crippen molar-refractivity contribution in [1.29, 1.82) is 0 Å². The van der Waals surface area contributed by atoms with E-state index in [1.807, 2.05) is 0 Å². The number of carbonyl (C=O) groups excluding carboxylic acids is 1. The van der Waals surface area contributed by atoms with Crippen molar-refractivity contribution in [2.75, 3.05) is 25.1 Å². The molecule has 2 aliphatic rings. The summed E-state index contributed by atoms with van der Waals surface area (Å²) in [5.41, 5.74) is 5.32. The Morgan fingerprint density at radius 1 is 1.56 bits per heavy atom. The van der Waals surface area contributed by atoms with Crippen LogP contribution in [-0.2, 0) is 9.53 Å². The van der Waals surface area contributed by atoms with Gasteiger partial charge in [-0.15, -0.1) is 0 Å². The summed E-state index contributed by atoms with van der Waals surface area (Å²) >= 11 is 3.25. The van der Waals surface area contributed by atoms with Crippen molar-refractivity contribution >= 4 is 27.7 Å². The third-order valence-corrected chi connectivity index (χ3v) is 3.73. The fraction of sp³-hybridized carbons (Fsp3) is 0.455. The van der Waals surface area contributed by atoms with E-state index in [0.29, 0.717) is 35.9 Å². The average molecular weight is 314 g/mol. The predicted molar refractivity (Wildman–Crippen MR) is 67.3 cm³/mol. The van der Waals surface area contributed by atoms with Crippen LogP contribution in [0.15, 0.2) is 16.7 Å². The highest BCUT2D eigenvalue weighted by Gasteiger charge is 2.51. The molecule has 1 amide bonds. The van der Waals surface area contributed by atoms with E-state index in [0.717, 1.165) is 0 Å². The number of nitrogens with two attached hydrogens (primary N) is 1. The zero-order chi connectivity index (χ0) is 12.8. The minimum absolute atomic E-state index is 0.221. The molecular formula is C11H12BrN3O3. The number of fused-ring (bicyclic) bond motifs is 1. The molecule has 0 saturated carbocycles. The molecule has 0 radical (unpaired) electrons. The van der Waals surface area contributed by atoms with Crippen LogP contribution in [0.25, 0.3) is 0 Å². The number of ether oxygens (including phenoxy) is 2. The van der Waals surface area contributed by atoms with E-state index in [1.54, 1.807) is 12.1 Å². The fourth-order valence-electron chi connectivity index (χ4n) is 2.11. The first-order valence-corrected chi connectivity index (χ1v) is 6.36. The van der Waals surface area contributed by atoms with Crippen LogP contribution in [0.5, 0.6) is 5.75 Å². The standard InChI is InChI=1S/C11H12BrN3O3/c12-7-2-1-6-9(14-7)15-10(16)8(18-6)11(3-13)4-17-5-11/h1-2,8H,3-5,13H2,(H,14,15,16). The SMILES string of the molecule is NCC1(C2Oc3ccc(Br)nc3NC2=O)COC1. The number of halogens is 1. The van der Waals surface area contributed by atoms with Gasteiger partial charge in [0.2, 0.25) is 0 Å². The Kier molecular flexibility index (Phi) is 2.76. The van der Waals surface area contributed by atoms with Gasteiger partial charge in [0.15, 0.2) is 17.7 Å². The lowest BCUT2D eigenvalue weighted by Gasteiger charge is -2.46. The van der Waals surface area contributed by atoms with Gasteiger partial charge in [-0.05, 0) is 28.1 Å². The molecule has 3 rings (SSSR count). The number of amides is 1. The first kappa shape index (κ1) is 11.9. The highest BCUT2D eigenvalue weighted by Crippen LogP contribution is 2.38. The lowest BCUT2D eigenvalue weighted by atomic mass is 9.79. The highest BCUT2D eigenvalue weighted by molar-refractivity contribution is 9.10. The van der Waals surface area contributed by atoms with Crippen molar-refractivity contribution in [3.05, 3.63) is 16.7 Å². The number of hydrogen-bond acceptors (Lipinski definition) is 5. The molecule has 3 heterocycles. The Morgan fingerprint density at radius 2 is 2.33 bits per heavy atom. The van der Waals surface area contributed by atoms with Gasteiger partial charge in [0.1, 0.15) is 4.60 Å². The highest BCUT2D eigenvalue weighted by atomic mass is 79.9. The molecule has 1 unspecified atom stereocenters. The van der Waals surface area contributed by atoms with Gasteiger partial charge < -0.3 is 20.5 Å². The molecule has 6 nitrogen and oxygen atoms in total. The maximum atomic E-state index is 12.1. The van der Waals surface area contributed by atoms with Crippen LogP contribution in [0, 0.1) is 5.41 Å². The molecule has 3 N–H and O–H groups in total. The number of nitrogens with one attached hydrogen (secondary N) is 1. The normalized spacial score (nSPS) is 24.6. The smallest absolute Gasteiger partial charge is 0.267 e. The van der Waals surface area contributed by atoms with Gasteiger partial charge in [-0.2, -0.15) is 0 Å². The van der Waals surface area contributed by atoms with Gasteiger partial charge in [-0.1, -0.05) is 0 Å². The summed E-state index contributed by atoms with van der Waals surface area (Å²) in [4.78, 5) is 16.2. The first-order valence-electron chi connectivity index (χ1n) is 5.56. The zero-order valence-corrected chi connectivity index (χ0v) is 11.1. The molecule has 0 aromatic carbocycles. The van der Waals surface area contributed by atoms with Crippen LogP contribution in [0.4, 0.5) is 5.82 Å². The lowest BCUT2D eigenvalue weighted by Crippen LogP contribution is -2.62. The predicted octanol–water partition coefficient (Wildman–Crippen LogP) is 0.519. The second kappa shape index (κ2) is 4.18. The minimum atomic E-state index is -0.619. The quantitative estimate of drug-likeness (QED) is 0.777. The third kappa shape index (κ3) is 1.70. The van der Waals surface area contributed by atoms with Gasteiger partial charge in [0.05, 0.1) is 18.6 Å². The second-order valence-corrected chi connectivity index (χ2v) is 5.34. The molecule has 1 aromatic rings. The zero-order valence-electron chi connectivity index (χ0n) is 9.48. The number of rotatable bonds is 2. The monoisotopic (exact) mass is 313 g/mol. The van der Waals surface area contributed by atoms with E-state index in [-0.39, 0.29) is 5.91 Å². The molecule has 1 aromatic heterocycles. The van der Waals surface area contributed by atoms with Crippen LogP contribution in [0.1, 0.15) is 0 Å². The maximum absolute atomic E-state index is 12.1. The molecule has 7 heteroatoms. The number of pyridine rings is 1. The van der Waals surface area contributed by atoms with Crippen LogP contribution >= 0.6 is 15.9 Å². The molecule has 1 atom stereocenters. The average Bonchev–Trinajstić information content (AvgIpc) is 2.29. The Labute approximate surface area is 112 Å². The molecule has 0 spiro atoms. The van der Waals surface area contributed by atoms with Crippen molar-refractivity contribution in [2.24, 2.45) is 11.1 Å². The van der Waals surface area contributed by atoms with Crippen molar-refractivity contribution in [3.63, 3.8) is 0 Å². The van der Waals surface area contributed by atoms with Gasteiger partial charge in [0, 0.05) is 6.54 Å². The van der Waals surface area contributed by atoms with Gasteiger partial charge in [-0.3, -0.25) is 4.79 Å². The van der Waals surface area contributed by atoms with Crippen LogP contribution in [0.2, 0.25) is 0 Å². The van der Waals surface area contributed by atoms with E-state index >= 15 is 0 Å². The van der Waals surface area contributed by atoms with Crippen molar-refractivity contribution in [1.82, 2.24) is 4.98 Å². The van der Waals surface area contributed by atoms with E-state index in [4.69, 9.17) is 15.2 Å². The first-order chi connectivity index (χ1) is 8.64. The molecular weight excluding hydrogens is 302 g/mol. The number of aromatic nitrogens is 1. The third-order valence-electron chi connectivity index (χ3n) is 3.29. The Balaban J connectivity index is 1.92. The molecule has 18 heavy (non-hydrogen) atoms. The largest absolute Gasteiger partial charge is 0.476 e. The number of hydrogen-bond donors (Lipinski definition) is 2. The van der Waals surface area contributed by atoms with E-state index in [1.165, 1.54) is 0 Å². The number of nitrogens with zero attached hydrogens (tertiary/aromatic N) is 1. The van der Waals surface area contributed by atoms with E-state index < -0.39 is 11.5 Å². The number of anilines is 1. The molecule has 96 valence electrons. The Morgan fingerprint density at radius 3 is 2.94 bits per heavy atom. The van der Waals surface area contributed by atoms with Gasteiger partial charge in [-0.25, -0.2) is 4.98 Å². The maximum Gasteiger partial charge on any atom is 0.267 e. The molecule has 0 aliphatic carbocycles.